The number of carbonyl (C=O) groups is 1. The van der Waals surface area contributed by atoms with E-state index in [1.54, 1.807) is 4.68 Å². The van der Waals surface area contributed by atoms with Crippen LogP contribution in [0, 0.1) is 11.6 Å². The predicted molar refractivity (Wildman–Crippen MR) is 166 cm³/mol. The minimum Gasteiger partial charge on any atom is -0.480 e. The van der Waals surface area contributed by atoms with Crippen molar-refractivity contribution in [3.05, 3.63) is 90.1 Å². The van der Waals surface area contributed by atoms with Gasteiger partial charge >= 0.3 is 0 Å². The first kappa shape index (κ1) is 30.2. The molecule has 0 atom stereocenters. The Hall–Kier alpha value is -4.88. The Bertz CT molecular complexity index is 2020. The highest BCUT2D eigenvalue weighted by molar-refractivity contribution is 7.92. The lowest BCUT2D eigenvalue weighted by molar-refractivity contribution is 0.0664. The molecule has 0 radical (unpaired) electrons. The second kappa shape index (κ2) is 11.9. The van der Waals surface area contributed by atoms with Crippen LogP contribution >= 0.6 is 0 Å². The first-order valence-corrected chi connectivity index (χ1v) is 15.6. The van der Waals surface area contributed by atoms with Crippen molar-refractivity contribution in [2.75, 3.05) is 45.1 Å². The van der Waals surface area contributed by atoms with Gasteiger partial charge < -0.3 is 14.5 Å². The lowest BCUT2D eigenvalue weighted by Gasteiger charge is -2.32. The van der Waals surface area contributed by atoms with Crippen LogP contribution in [-0.4, -0.2) is 79.2 Å². The summed E-state index contributed by atoms with van der Waals surface area (Å²) in [6.07, 6.45) is 1.53. The van der Waals surface area contributed by atoms with E-state index in [1.165, 1.54) is 19.4 Å². The molecule has 3 heterocycles. The fourth-order valence-corrected chi connectivity index (χ4v) is 6.53. The minimum absolute atomic E-state index is 0.00685. The molecular weight excluding hydrogens is 602 g/mol. The van der Waals surface area contributed by atoms with Crippen LogP contribution in [0.2, 0.25) is 0 Å². The van der Waals surface area contributed by atoms with Gasteiger partial charge in [-0.15, -0.1) is 0 Å². The summed E-state index contributed by atoms with van der Waals surface area (Å²) in [5.41, 5.74) is 4.30. The monoisotopic (exact) mass is 632 g/mol. The minimum atomic E-state index is -4.44. The number of carbonyl (C=O) groups excluding carboxylic acids is 1. The van der Waals surface area contributed by atoms with E-state index in [0.29, 0.717) is 35.8 Å². The summed E-state index contributed by atoms with van der Waals surface area (Å²) in [5.74, 6) is -2.14. The van der Waals surface area contributed by atoms with E-state index < -0.39 is 26.6 Å². The van der Waals surface area contributed by atoms with Gasteiger partial charge in [-0.05, 0) is 55.1 Å². The zero-order valence-corrected chi connectivity index (χ0v) is 25.6. The first-order valence-electron chi connectivity index (χ1n) is 14.1. The van der Waals surface area contributed by atoms with E-state index >= 15 is 0 Å². The van der Waals surface area contributed by atoms with Crippen molar-refractivity contribution in [2.24, 2.45) is 7.05 Å². The molecule has 1 amide bonds. The lowest BCUT2D eigenvalue weighted by Crippen LogP contribution is -2.47. The lowest BCUT2D eigenvalue weighted by atomic mass is 10.0. The van der Waals surface area contributed by atoms with Crippen molar-refractivity contribution in [1.82, 2.24) is 24.6 Å². The molecule has 10 nitrogen and oxygen atoms in total. The van der Waals surface area contributed by atoms with E-state index in [1.807, 2.05) is 61.5 Å². The number of nitrogens with zero attached hydrogens (tertiary/aromatic N) is 5. The molecule has 1 N–H and O–H groups in total. The van der Waals surface area contributed by atoms with Gasteiger partial charge in [0.25, 0.3) is 15.9 Å². The van der Waals surface area contributed by atoms with Gasteiger partial charge in [-0.2, -0.15) is 5.10 Å². The molecule has 6 rings (SSSR count). The van der Waals surface area contributed by atoms with Gasteiger partial charge in [-0.3, -0.25) is 14.2 Å². The smallest absolute Gasteiger partial charge is 0.264 e. The Labute approximate surface area is 258 Å². The zero-order valence-electron chi connectivity index (χ0n) is 24.8. The molecule has 0 spiro atoms. The number of hydrogen-bond donors (Lipinski definition) is 1. The molecule has 1 saturated heterocycles. The number of ether oxygens (including phenoxy) is 1. The summed E-state index contributed by atoms with van der Waals surface area (Å²) < 4.78 is 63.1. The number of piperazine rings is 1. The van der Waals surface area contributed by atoms with Crippen LogP contribution in [0.5, 0.6) is 5.88 Å². The maximum absolute atomic E-state index is 14.3. The molecular formula is C32H30F2N6O4S. The zero-order chi connectivity index (χ0) is 31.9. The Morgan fingerprint density at radius 3 is 2.29 bits per heavy atom. The van der Waals surface area contributed by atoms with Gasteiger partial charge in [0.05, 0.1) is 18.3 Å². The Morgan fingerprint density at radius 2 is 1.60 bits per heavy atom. The Morgan fingerprint density at radius 1 is 0.889 bits per heavy atom. The van der Waals surface area contributed by atoms with Gasteiger partial charge in [0.15, 0.2) is 0 Å². The van der Waals surface area contributed by atoms with Crippen molar-refractivity contribution < 1.29 is 26.7 Å². The second-order valence-electron chi connectivity index (χ2n) is 10.8. The average Bonchev–Trinajstić information content (AvgIpc) is 3.35. The highest BCUT2D eigenvalue weighted by atomic mass is 32.2. The molecule has 1 fully saturated rings. The molecule has 1 aliphatic rings. The Kier molecular flexibility index (Phi) is 7.97. The molecule has 0 aliphatic carbocycles. The van der Waals surface area contributed by atoms with Crippen LogP contribution in [0.4, 0.5) is 14.5 Å². The topological polar surface area (TPSA) is 110 Å². The van der Waals surface area contributed by atoms with Crippen LogP contribution < -0.4 is 9.46 Å². The molecule has 0 saturated carbocycles. The maximum Gasteiger partial charge on any atom is 0.264 e. The van der Waals surface area contributed by atoms with Gasteiger partial charge in [-0.25, -0.2) is 22.2 Å². The van der Waals surface area contributed by atoms with Gasteiger partial charge in [-0.1, -0.05) is 18.2 Å². The summed E-state index contributed by atoms with van der Waals surface area (Å²) >= 11 is 0. The molecule has 1 aliphatic heterocycles. The third kappa shape index (κ3) is 5.96. The van der Waals surface area contributed by atoms with Crippen molar-refractivity contribution in [1.29, 1.82) is 0 Å². The van der Waals surface area contributed by atoms with Gasteiger partial charge in [0.1, 0.15) is 22.2 Å². The number of anilines is 1. The third-order valence-corrected chi connectivity index (χ3v) is 9.23. The summed E-state index contributed by atoms with van der Waals surface area (Å²) in [6, 6.07) is 16.8. The number of rotatable bonds is 7. The molecule has 13 heteroatoms. The highest BCUT2D eigenvalue weighted by Crippen LogP contribution is 2.35. The van der Waals surface area contributed by atoms with E-state index in [-0.39, 0.29) is 17.5 Å². The van der Waals surface area contributed by atoms with Crippen molar-refractivity contribution in [3.63, 3.8) is 0 Å². The summed E-state index contributed by atoms with van der Waals surface area (Å²) in [7, 11) is 0.777. The number of sulfonamides is 1. The number of aryl methyl sites for hydroxylation is 1. The van der Waals surface area contributed by atoms with Crippen LogP contribution in [0.1, 0.15) is 10.4 Å². The molecule has 3 aromatic carbocycles. The molecule has 0 bridgehead atoms. The van der Waals surface area contributed by atoms with Crippen LogP contribution in [0.25, 0.3) is 33.3 Å². The van der Waals surface area contributed by atoms with Crippen molar-refractivity contribution in [2.45, 2.75) is 4.90 Å². The summed E-state index contributed by atoms with van der Waals surface area (Å²) in [6.45, 7) is 3.07. The molecule has 2 aromatic heterocycles. The van der Waals surface area contributed by atoms with Crippen LogP contribution in [0.3, 0.4) is 0 Å². The largest absolute Gasteiger partial charge is 0.480 e. The maximum atomic E-state index is 14.3. The number of halogens is 2. The Balaban J connectivity index is 1.32. The van der Waals surface area contributed by atoms with E-state index in [2.05, 4.69) is 19.7 Å². The summed E-state index contributed by atoms with van der Waals surface area (Å²) in [5, 5.41) is 5.48. The fraction of sp³-hybridized carbons (Fsp3) is 0.219. The number of fused-ring (bicyclic) bond motifs is 1. The van der Waals surface area contributed by atoms with E-state index in [0.717, 1.165) is 47.4 Å². The van der Waals surface area contributed by atoms with Gasteiger partial charge in [0, 0.05) is 67.6 Å². The second-order valence-corrected chi connectivity index (χ2v) is 12.5. The number of likely N-dealkylation sites (N-methyl/N-ethyl adjacent to an activating group) is 1. The molecule has 232 valence electrons. The van der Waals surface area contributed by atoms with E-state index in [4.69, 9.17) is 4.74 Å². The fourth-order valence-electron chi connectivity index (χ4n) is 5.42. The molecule has 45 heavy (non-hydrogen) atoms. The van der Waals surface area contributed by atoms with Crippen LogP contribution in [0.15, 0.2) is 77.8 Å². The van der Waals surface area contributed by atoms with Gasteiger partial charge in [0.2, 0.25) is 5.88 Å². The van der Waals surface area contributed by atoms with Crippen LogP contribution in [-0.2, 0) is 17.1 Å². The number of pyridine rings is 1. The first-order chi connectivity index (χ1) is 21.5. The number of aromatic nitrogens is 3. The van der Waals surface area contributed by atoms with Crippen molar-refractivity contribution >= 4 is 32.5 Å². The number of methoxy groups -OCH3 is 1. The standard InChI is InChI=1S/C32H30F2N6O4S/c1-38-12-14-40(15-13-38)32(41)21-6-4-20(5-7-21)30-25-16-22(8-10-27(25)36-39(30)2)23-17-28(31(44-3)35-19-23)37-45(42,43)29-11-9-24(33)18-26(29)34/h4-11,16-19,37H,12-15H2,1-3H3. The number of amides is 1. The number of hydrogen-bond acceptors (Lipinski definition) is 7. The summed E-state index contributed by atoms with van der Waals surface area (Å²) in [4.78, 5) is 20.7. The number of nitrogens with one attached hydrogen (secondary N) is 1. The van der Waals surface area contributed by atoms with E-state index in [9.17, 15) is 22.0 Å². The highest BCUT2D eigenvalue weighted by Gasteiger charge is 2.23. The SMILES string of the molecule is COc1ncc(-c2ccc3nn(C)c(-c4ccc(C(=O)N5CCN(C)CC5)cc4)c3c2)cc1NS(=O)(=O)c1ccc(F)cc1F. The predicted octanol–water partition coefficient (Wildman–Crippen LogP) is 4.78. The molecule has 0 unspecified atom stereocenters. The van der Waals surface area contributed by atoms with Crippen molar-refractivity contribution in [3.8, 4) is 28.3 Å². The quantitative estimate of drug-likeness (QED) is 0.275. The third-order valence-electron chi connectivity index (χ3n) is 7.83. The normalized spacial score (nSPS) is 14.1. The molecule has 5 aromatic rings. The number of benzene rings is 3. The average molecular weight is 633 g/mol.